The number of unbranched alkanes of at least 4 members (excludes halogenated alkanes) is 4. The molecule has 12 N–H and O–H groups in total. The van der Waals surface area contributed by atoms with E-state index in [4.69, 9.17) is 58.2 Å². The molecule has 0 radical (unpaired) electrons. The summed E-state index contributed by atoms with van der Waals surface area (Å²) in [6.07, 6.45) is -1.72. The van der Waals surface area contributed by atoms with Crippen molar-refractivity contribution in [3.8, 4) is 23.0 Å². The molecule has 0 unspecified atom stereocenters. The minimum Gasteiger partial charge on any atom is -0.507 e. The predicted molar refractivity (Wildman–Crippen MR) is 404 cm³/mol. The van der Waals surface area contributed by atoms with Gasteiger partial charge in [0.25, 0.3) is 23.6 Å². The molecule has 5 amide bonds. The summed E-state index contributed by atoms with van der Waals surface area (Å²) >= 11 is 0. The molecule has 0 aromatic heterocycles. The number of carboxylic acids is 1. The number of ether oxygens (including phenoxy) is 10. The zero-order valence-electron chi connectivity index (χ0n) is 65.3. The van der Waals surface area contributed by atoms with Gasteiger partial charge in [-0.25, -0.2) is 0 Å². The molecule has 4 aromatic rings. The van der Waals surface area contributed by atoms with E-state index in [0.29, 0.717) is 77.8 Å². The highest BCUT2D eigenvalue weighted by Crippen LogP contribution is 2.56. The molecule has 0 bridgehead atoms. The number of carbonyl (C=O) groups is 12. The molecule has 37 heteroatoms. The molecule has 0 spiro atoms. The number of aliphatic hydroxyl groups is 4. The number of morpholine rings is 2. The van der Waals surface area contributed by atoms with E-state index in [0.717, 1.165) is 4.90 Å². The summed E-state index contributed by atoms with van der Waals surface area (Å²) in [4.78, 5) is 157. The van der Waals surface area contributed by atoms with Crippen LogP contribution in [0.25, 0.3) is 0 Å². The van der Waals surface area contributed by atoms with E-state index in [1.165, 1.54) is 79.8 Å². The van der Waals surface area contributed by atoms with Gasteiger partial charge >= 0.3 is 5.97 Å². The van der Waals surface area contributed by atoms with Crippen molar-refractivity contribution < 1.29 is 151 Å². The Labute approximate surface area is 678 Å². The zero-order valence-corrected chi connectivity index (χ0v) is 65.3. The number of aliphatic hydroxyl groups excluding tert-OH is 2. The molecule has 119 heavy (non-hydrogen) atoms. The van der Waals surface area contributed by atoms with Gasteiger partial charge in [0.05, 0.1) is 76.7 Å². The third-order valence-corrected chi connectivity index (χ3v) is 24.0. The average Bonchev–Trinajstić information content (AvgIpc) is 1.51. The van der Waals surface area contributed by atoms with Gasteiger partial charge in [0, 0.05) is 167 Å². The van der Waals surface area contributed by atoms with Gasteiger partial charge in [-0.2, -0.15) is 0 Å². The summed E-state index contributed by atoms with van der Waals surface area (Å²) in [5.74, 6) is -10.6. The minimum atomic E-state index is -2.30. The predicted octanol–water partition coefficient (Wildman–Crippen LogP) is 1.97. The number of benzene rings is 4. The molecular formula is C82H92N6O31. The van der Waals surface area contributed by atoms with Crippen molar-refractivity contribution in [3.63, 3.8) is 0 Å². The van der Waals surface area contributed by atoms with Gasteiger partial charge in [0.2, 0.25) is 5.91 Å². The number of nitrogens with zero attached hydrogens (tertiary/aromatic N) is 4. The lowest BCUT2D eigenvalue weighted by Crippen LogP contribution is -2.55. The SMILES string of the molecule is CO[C@H]1OCCN2[C@@H]1O[C@@H]1[C@H](C)O[C@@H](O[C@H]3C[C@](O)(C(=O)CO)Cc4c(O)c5c(c(O)c43)C(=O)c3c(N)cccc3C5=O)C[C@@H]12.CO[C@H]1OCCN2[C@@H]1O[C@@H]1[C@H](C)O[C@@H](O[C@H]3C[C@](O)(C(=O)CO)Cc4c(O)c5c(c(O)c43)C(=O)c3c(NC(=O)CCCCCN4C(=O)C=CC4=O)cccc3C5=O)C[C@@H]12.O=C(O)CCCCCN1C(=O)C=CC1=O. The summed E-state index contributed by atoms with van der Waals surface area (Å²) in [7, 11) is 3.05. The van der Waals surface area contributed by atoms with Crippen LogP contribution in [0, 0.1) is 0 Å². The van der Waals surface area contributed by atoms with Crippen molar-refractivity contribution in [1.82, 2.24) is 19.6 Å². The number of hydrogen-bond acceptors (Lipinski definition) is 33. The first kappa shape index (κ1) is 85.4. The summed E-state index contributed by atoms with van der Waals surface area (Å²) < 4.78 is 60.1. The Kier molecular flexibility index (Phi) is 24.8. The second-order valence-corrected chi connectivity index (χ2v) is 31.2. The third-order valence-electron chi connectivity index (χ3n) is 24.0. The first-order chi connectivity index (χ1) is 56.8. The molecule has 16 atom stereocenters. The fourth-order valence-corrected chi connectivity index (χ4v) is 18.2. The number of hydrogen-bond donors (Lipinski definition) is 11. The van der Waals surface area contributed by atoms with Crippen molar-refractivity contribution in [2.24, 2.45) is 0 Å². The number of phenols is 4. The van der Waals surface area contributed by atoms with E-state index in [1.807, 2.05) is 6.92 Å². The molecule has 4 aliphatic carbocycles. The second-order valence-electron chi connectivity index (χ2n) is 31.2. The lowest BCUT2D eigenvalue weighted by molar-refractivity contribution is -0.256. The number of rotatable bonds is 23. The molecule has 6 fully saturated rings. The highest BCUT2D eigenvalue weighted by molar-refractivity contribution is 6.33. The normalized spacial score (nSPS) is 29.5. The quantitative estimate of drug-likeness (QED) is 0.0189. The Morgan fingerprint density at radius 1 is 0.529 bits per heavy atom. The largest absolute Gasteiger partial charge is 0.507 e. The highest BCUT2D eigenvalue weighted by Gasteiger charge is 2.58. The van der Waals surface area contributed by atoms with Crippen LogP contribution in [-0.2, 0) is 98.6 Å². The molecule has 37 nitrogen and oxygen atoms in total. The number of methoxy groups -OCH3 is 2. The van der Waals surface area contributed by atoms with Crippen LogP contribution in [0.5, 0.6) is 23.0 Å². The van der Waals surface area contributed by atoms with Crippen LogP contribution in [0.15, 0.2) is 60.7 Å². The summed E-state index contributed by atoms with van der Waals surface area (Å²) in [6, 6.07) is 8.14. The monoisotopic (exact) mass is 1660 g/mol. The topological polar surface area (TPSA) is 530 Å². The lowest BCUT2D eigenvalue weighted by atomic mass is 9.71. The van der Waals surface area contributed by atoms with Crippen molar-refractivity contribution in [2.75, 3.05) is 77.9 Å². The van der Waals surface area contributed by atoms with Gasteiger partial charge < -0.3 is 104 Å². The fourth-order valence-electron chi connectivity index (χ4n) is 18.2. The van der Waals surface area contributed by atoms with Gasteiger partial charge in [-0.15, -0.1) is 0 Å². The van der Waals surface area contributed by atoms with Gasteiger partial charge in [-0.3, -0.25) is 77.1 Å². The minimum absolute atomic E-state index is 0.00165. The fraction of sp³-hybridized carbons (Fsp3) is 0.512. The number of fused-ring (bicyclic) bond motifs is 12. The van der Waals surface area contributed by atoms with Crippen molar-refractivity contribution in [1.29, 1.82) is 0 Å². The molecule has 8 heterocycles. The number of carboxylic acid groups (broad SMARTS) is 1. The van der Waals surface area contributed by atoms with Crippen LogP contribution in [0.4, 0.5) is 11.4 Å². The maximum atomic E-state index is 14.4. The third kappa shape index (κ3) is 15.9. The standard InChI is InChI=1S/C41H45N3O15.C31H34N2O12.C10H13NO4/c1-19-38-23(43-13-14-56-40(55-2)39(43)59-38)15-29(57-19)58-24-17-41(54,25(46)18-45)16-21-31(24)37(53)33-32(35(21)51)34(50)20-7-6-8-22(30(20)36(33)52)42-26(47)9-4-3-5-12-44-27(48)10-11-28(44)49;1-12-28-16(33-6-7-42-30(41-2)29(33)45-28)8-19(43-12)44-17-10-31(40,18(35)11-34)9-14-21(17)27(39)23-22(25(14)37)24(36)13-4-3-5-15(32)20(13)26(23)38;12-8-5-6-9(13)11(8)7-3-1-2-4-10(14)15/h6-8,10-11,19,23-24,29,38-40,45,51,53-54H,3-5,9,12-18H2,1-2H3,(H,42,47);3-5,12,16-17,19,28-30,34,37,39-40H,6-11,32H2,1-2H3;5-6H,1-4,7H2,(H,14,15)/t19-,23-,24-,29-,38+,39+,40-,41-;12-,16-,17-,19-,28+,29+,30-,31-;/m00./s1. The highest BCUT2D eigenvalue weighted by atomic mass is 16.7. The first-order valence-electron chi connectivity index (χ1n) is 39.3. The summed E-state index contributed by atoms with van der Waals surface area (Å²) in [5.41, 5.74) is -1.56. The van der Waals surface area contributed by atoms with Gasteiger partial charge in [0.1, 0.15) is 59.6 Å². The Morgan fingerprint density at radius 2 is 0.941 bits per heavy atom. The maximum absolute atomic E-state index is 14.4. The smallest absolute Gasteiger partial charge is 0.303 e. The van der Waals surface area contributed by atoms with E-state index < -0.39 is 204 Å². The van der Waals surface area contributed by atoms with E-state index >= 15 is 0 Å². The van der Waals surface area contributed by atoms with Gasteiger partial charge in [-0.05, 0) is 51.7 Å². The second kappa shape index (κ2) is 34.6. The molecule has 12 aliphatic rings. The van der Waals surface area contributed by atoms with E-state index in [2.05, 4.69) is 15.1 Å². The summed E-state index contributed by atoms with van der Waals surface area (Å²) in [5, 5.41) is 101. The van der Waals surface area contributed by atoms with E-state index in [1.54, 1.807) is 6.92 Å². The number of ketones is 6. The molecule has 4 aromatic carbocycles. The number of phenolic OH excluding ortho intramolecular Hbond substituents is 4. The number of anilines is 2. The molecule has 636 valence electrons. The van der Waals surface area contributed by atoms with Crippen molar-refractivity contribution in [3.05, 3.63) is 127 Å². The van der Waals surface area contributed by atoms with Crippen LogP contribution in [0.2, 0.25) is 0 Å². The Balaban J connectivity index is 0.000000170. The van der Waals surface area contributed by atoms with Crippen LogP contribution in [-0.4, -0.2) is 288 Å². The number of Topliss-reactive ketones (excluding diaryl/α,β-unsaturated/α-hetero) is 2. The molecule has 16 rings (SSSR count). The van der Waals surface area contributed by atoms with Crippen LogP contribution in [0.1, 0.15) is 189 Å². The first-order valence-corrected chi connectivity index (χ1v) is 39.3. The number of carbonyl (C=O) groups excluding carboxylic acids is 11. The number of aromatic hydroxyl groups is 4. The van der Waals surface area contributed by atoms with Crippen molar-refractivity contribution >= 4 is 81.6 Å². The van der Waals surface area contributed by atoms with Crippen LogP contribution < -0.4 is 11.1 Å². The van der Waals surface area contributed by atoms with E-state index in [9.17, 15) is 98.4 Å². The number of aliphatic carboxylic acids is 1. The Morgan fingerprint density at radius 3 is 1.37 bits per heavy atom. The lowest BCUT2D eigenvalue weighted by Gasteiger charge is -2.43. The molecule has 0 saturated carbocycles. The Hall–Kier alpha value is -10.0. The number of amides is 5. The van der Waals surface area contributed by atoms with Crippen molar-refractivity contribution in [2.45, 2.75) is 201 Å². The summed E-state index contributed by atoms with van der Waals surface area (Å²) in [6.45, 7) is 4.08. The Bertz CT molecular complexity index is 4850. The van der Waals surface area contributed by atoms with Crippen LogP contribution >= 0.6 is 0 Å². The number of nitrogen functional groups attached to an aromatic ring is 1. The number of nitrogens with one attached hydrogen (secondary N) is 1. The molecule has 8 aliphatic heterocycles. The van der Waals surface area contributed by atoms with Gasteiger partial charge in [0.15, 0.2) is 72.3 Å². The average molecular weight is 1660 g/mol. The maximum Gasteiger partial charge on any atom is 0.303 e. The van der Waals surface area contributed by atoms with Crippen LogP contribution in [0.3, 0.4) is 0 Å². The van der Waals surface area contributed by atoms with E-state index in [-0.39, 0.29) is 130 Å². The molecular weight excluding hydrogens is 1560 g/mol. The number of nitrogens with two attached hydrogens (primary N) is 1. The zero-order chi connectivity index (χ0) is 85.1. The number of imide groups is 2. The molecule has 6 saturated heterocycles. The van der Waals surface area contributed by atoms with Gasteiger partial charge in [-0.1, -0.05) is 37.1 Å².